The van der Waals surface area contributed by atoms with Crippen molar-refractivity contribution >= 4 is 45.7 Å². The van der Waals surface area contributed by atoms with Crippen molar-refractivity contribution in [3.63, 3.8) is 0 Å². The number of halogens is 1. The molecule has 156 valence electrons. The minimum absolute atomic E-state index is 0.0881. The summed E-state index contributed by atoms with van der Waals surface area (Å²) in [6.07, 6.45) is 0. The topological polar surface area (TPSA) is 85.9 Å². The third-order valence-corrected chi connectivity index (χ3v) is 6.24. The summed E-state index contributed by atoms with van der Waals surface area (Å²) in [5.74, 6) is 1.43. The molecule has 9 heteroatoms. The van der Waals surface area contributed by atoms with E-state index in [0.717, 1.165) is 27.9 Å². The molecule has 0 saturated heterocycles. The first-order valence-electron chi connectivity index (χ1n) is 9.45. The molecule has 1 N–H and O–H groups in total. The fourth-order valence-corrected chi connectivity index (χ4v) is 4.24. The molecule has 0 aliphatic rings. The maximum atomic E-state index is 10.8. The van der Waals surface area contributed by atoms with Crippen LogP contribution in [0.25, 0.3) is 5.69 Å². The van der Waals surface area contributed by atoms with E-state index in [1.54, 1.807) is 23.9 Å². The van der Waals surface area contributed by atoms with Gasteiger partial charge >= 0.3 is 0 Å². The summed E-state index contributed by atoms with van der Waals surface area (Å²) in [4.78, 5) is 10.5. The summed E-state index contributed by atoms with van der Waals surface area (Å²) < 4.78 is 3.22. The van der Waals surface area contributed by atoms with E-state index in [0.29, 0.717) is 12.3 Å². The number of rotatable bonds is 8. The van der Waals surface area contributed by atoms with Crippen molar-refractivity contribution in [1.29, 1.82) is 0 Å². The molecule has 0 aliphatic carbocycles. The molecule has 0 spiro atoms. The highest BCUT2D eigenvalue weighted by Gasteiger charge is 2.15. The average molecular weight is 543 g/mol. The van der Waals surface area contributed by atoms with Crippen LogP contribution in [-0.2, 0) is 12.3 Å². The molecule has 1 aromatic heterocycles. The molecule has 31 heavy (non-hydrogen) atoms. The van der Waals surface area contributed by atoms with Gasteiger partial charge in [0, 0.05) is 32.8 Å². The normalized spacial score (nSPS) is 10.7. The number of nitrogens with zero attached hydrogens (tertiary/aromatic N) is 4. The van der Waals surface area contributed by atoms with Crippen LogP contribution in [0.2, 0.25) is 0 Å². The monoisotopic (exact) mass is 543 g/mol. The van der Waals surface area contributed by atoms with Crippen LogP contribution in [0.3, 0.4) is 0 Å². The van der Waals surface area contributed by atoms with E-state index in [-0.39, 0.29) is 5.69 Å². The third kappa shape index (κ3) is 5.42. The summed E-state index contributed by atoms with van der Waals surface area (Å²) in [6.45, 7) is 0.528. The van der Waals surface area contributed by atoms with Gasteiger partial charge in [-0.05, 0) is 64.6 Å². The van der Waals surface area contributed by atoms with Gasteiger partial charge in [0.05, 0.1) is 11.5 Å². The van der Waals surface area contributed by atoms with E-state index in [9.17, 15) is 10.1 Å². The first kappa shape index (κ1) is 21.3. The van der Waals surface area contributed by atoms with Crippen molar-refractivity contribution in [2.24, 2.45) is 0 Å². The second-order valence-corrected chi connectivity index (χ2v) is 8.83. The van der Waals surface area contributed by atoms with Gasteiger partial charge in [0.25, 0.3) is 5.69 Å². The number of benzene rings is 3. The van der Waals surface area contributed by atoms with Crippen LogP contribution in [-0.4, -0.2) is 19.7 Å². The Morgan fingerprint density at radius 3 is 2.35 bits per heavy atom. The number of hydrogen-bond acceptors (Lipinski definition) is 6. The van der Waals surface area contributed by atoms with Gasteiger partial charge in [-0.3, -0.25) is 14.7 Å². The lowest BCUT2D eigenvalue weighted by Crippen LogP contribution is -2.08. The third-order valence-electron chi connectivity index (χ3n) is 4.52. The van der Waals surface area contributed by atoms with Crippen LogP contribution in [0.1, 0.15) is 11.4 Å². The Hall–Kier alpha value is -2.92. The second kappa shape index (κ2) is 9.92. The maximum absolute atomic E-state index is 10.8. The molecule has 3 aromatic carbocycles. The molecule has 0 saturated carbocycles. The smallest absolute Gasteiger partial charge is 0.269 e. The van der Waals surface area contributed by atoms with Crippen molar-refractivity contribution in [3.05, 3.63) is 104 Å². The van der Waals surface area contributed by atoms with Crippen molar-refractivity contribution in [2.75, 3.05) is 5.32 Å². The fraction of sp³-hybridized carbons (Fsp3) is 0.0909. The van der Waals surface area contributed by atoms with Crippen molar-refractivity contribution in [1.82, 2.24) is 14.8 Å². The van der Waals surface area contributed by atoms with E-state index >= 15 is 0 Å². The van der Waals surface area contributed by atoms with E-state index in [4.69, 9.17) is 0 Å². The number of para-hydroxylation sites is 1. The Bertz CT molecular complexity index is 1160. The Morgan fingerprint density at radius 1 is 0.968 bits per heavy atom. The van der Waals surface area contributed by atoms with Gasteiger partial charge in [-0.15, -0.1) is 10.2 Å². The number of hydrogen-bond donors (Lipinski definition) is 1. The highest BCUT2D eigenvalue weighted by Crippen LogP contribution is 2.26. The van der Waals surface area contributed by atoms with E-state index in [2.05, 4.69) is 50.2 Å². The molecule has 7 nitrogen and oxygen atoms in total. The summed E-state index contributed by atoms with van der Waals surface area (Å²) in [5.41, 5.74) is 3.07. The molecule has 0 aliphatic heterocycles. The highest BCUT2D eigenvalue weighted by molar-refractivity contribution is 14.1. The van der Waals surface area contributed by atoms with Gasteiger partial charge in [-0.25, -0.2) is 0 Å². The number of nitro benzene ring substituents is 1. The SMILES string of the molecule is O=[N+]([O-])c1ccc(CSc2nnc(CNc3ccc(I)cc3)n2-c2ccccc2)cc1. The zero-order valence-corrected chi connectivity index (χ0v) is 19.3. The van der Waals surface area contributed by atoms with Gasteiger partial charge in [0.2, 0.25) is 0 Å². The average Bonchev–Trinajstić information content (AvgIpc) is 3.21. The summed E-state index contributed by atoms with van der Waals surface area (Å²) in [7, 11) is 0. The molecule has 4 rings (SSSR count). The quantitative estimate of drug-likeness (QED) is 0.133. The molecular weight excluding hydrogens is 525 g/mol. The number of nitro groups is 1. The van der Waals surface area contributed by atoms with Gasteiger partial charge in [0.15, 0.2) is 11.0 Å². The van der Waals surface area contributed by atoms with E-state index in [1.165, 1.54) is 15.7 Å². The zero-order valence-electron chi connectivity index (χ0n) is 16.3. The zero-order chi connectivity index (χ0) is 21.6. The summed E-state index contributed by atoms with van der Waals surface area (Å²) in [5, 5.41) is 23.8. The minimum Gasteiger partial charge on any atom is -0.378 e. The lowest BCUT2D eigenvalue weighted by atomic mass is 10.2. The van der Waals surface area contributed by atoms with Gasteiger partial charge in [-0.1, -0.05) is 42.1 Å². The Labute approximate surface area is 197 Å². The predicted molar refractivity (Wildman–Crippen MR) is 131 cm³/mol. The van der Waals surface area contributed by atoms with Gasteiger partial charge in [0.1, 0.15) is 0 Å². The number of aromatic nitrogens is 3. The van der Waals surface area contributed by atoms with Crippen molar-refractivity contribution in [3.8, 4) is 5.69 Å². The van der Waals surface area contributed by atoms with Crippen LogP contribution in [0.5, 0.6) is 0 Å². The number of thioether (sulfide) groups is 1. The van der Waals surface area contributed by atoms with Crippen LogP contribution in [0.4, 0.5) is 11.4 Å². The van der Waals surface area contributed by atoms with Crippen molar-refractivity contribution in [2.45, 2.75) is 17.5 Å². The van der Waals surface area contributed by atoms with Crippen LogP contribution in [0, 0.1) is 13.7 Å². The standard InChI is InChI=1S/C22H18IN5O2S/c23-17-8-10-18(11-9-17)24-14-21-25-26-22(27(21)19-4-2-1-3-5-19)31-15-16-6-12-20(13-7-16)28(29)30/h1-13,24H,14-15H2. The molecule has 1 heterocycles. The van der Waals surface area contributed by atoms with E-state index in [1.807, 2.05) is 47.0 Å². The van der Waals surface area contributed by atoms with Gasteiger partial charge < -0.3 is 5.32 Å². The van der Waals surface area contributed by atoms with Crippen molar-refractivity contribution < 1.29 is 4.92 Å². The van der Waals surface area contributed by atoms with Crippen LogP contribution >= 0.6 is 34.4 Å². The van der Waals surface area contributed by atoms with E-state index < -0.39 is 4.92 Å². The van der Waals surface area contributed by atoms with Crippen LogP contribution < -0.4 is 5.32 Å². The fourth-order valence-electron chi connectivity index (χ4n) is 2.96. The molecule has 0 fully saturated rings. The summed E-state index contributed by atoms with van der Waals surface area (Å²) >= 11 is 3.83. The molecule has 4 aromatic rings. The molecule has 0 amide bonds. The van der Waals surface area contributed by atoms with Gasteiger partial charge in [-0.2, -0.15) is 0 Å². The lowest BCUT2D eigenvalue weighted by Gasteiger charge is -2.11. The van der Waals surface area contributed by atoms with Crippen LogP contribution in [0.15, 0.2) is 84.0 Å². The predicted octanol–water partition coefficient (Wildman–Crippen LogP) is 5.68. The number of nitrogens with one attached hydrogen (secondary N) is 1. The molecule has 0 unspecified atom stereocenters. The second-order valence-electron chi connectivity index (χ2n) is 6.64. The highest BCUT2D eigenvalue weighted by atomic mass is 127. The Kier molecular flexibility index (Phi) is 6.82. The molecule has 0 bridgehead atoms. The Balaban J connectivity index is 1.54. The first-order valence-corrected chi connectivity index (χ1v) is 11.5. The minimum atomic E-state index is -0.393. The number of non-ortho nitro benzene ring substituents is 1. The maximum Gasteiger partial charge on any atom is 0.269 e. The Morgan fingerprint density at radius 2 is 1.68 bits per heavy atom. The molecule has 0 atom stereocenters. The lowest BCUT2D eigenvalue weighted by molar-refractivity contribution is -0.384. The first-order chi connectivity index (χ1) is 15.1. The number of anilines is 1. The largest absolute Gasteiger partial charge is 0.378 e. The molecule has 0 radical (unpaired) electrons. The summed E-state index contributed by atoms with van der Waals surface area (Å²) in [6, 6.07) is 24.7. The molecular formula is C22H18IN5O2S.